The van der Waals surface area contributed by atoms with Gasteiger partial charge in [-0.2, -0.15) is 0 Å². The quantitative estimate of drug-likeness (QED) is 0.877. The lowest BCUT2D eigenvalue weighted by atomic mass is 10.1. The summed E-state index contributed by atoms with van der Waals surface area (Å²) in [7, 11) is 0. The van der Waals surface area contributed by atoms with Crippen LogP contribution in [0.4, 0.5) is 4.39 Å². The number of rotatable bonds is 3. The van der Waals surface area contributed by atoms with Gasteiger partial charge in [0.05, 0.1) is 12.5 Å². The highest BCUT2D eigenvalue weighted by Gasteiger charge is 2.15. The summed E-state index contributed by atoms with van der Waals surface area (Å²) in [6, 6.07) is 3.76. The Labute approximate surface area is 88.3 Å². The number of halogens is 2. The van der Waals surface area contributed by atoms with E-state index >= 15 is 0 Å². The Hall–Kier alpha value is -0.940. The predicted molar refractivity (Wildman–Crippen MR) is 51.3 cm³/mol. The lowest BCUT2D eigenvalue weighted by Crippen LogP contribution is -2.06. The number of hydrogen-bond donors (Lipinski definition) is 2. The average molecular weight is 263 g/mol. The number of aliphatic hydroxyl groups excluding tert-OH is 1. The normalized spacial score (nSPS) is 12.5. The number of carboxylic acids is 1. The first kappa shape index (κ1) is 11.1. The highest BCUT2D eigenvalue weighted by molar-refractivity contribution is 9.10. The SMILES string of the molecule is O=C(O)C[C@H](O)c1cc(F)ccc1Br. The highest BCUT2D eigenvalue weighted by Crippen LogP contribution is 2.26. The van der Waals surface area contributed by atoms with E-state index in [-0.39, 0.29) is 5.56 Å². The first-order valence-electron chi connectivity index (χ1n) is 3.85. The van der Waals surface area contributed by atoms with Crippen molar-refractivity contribution in [3.8, 4) is 0 Å². The molecule has 14 heavy (non-hydrogen) atoms. The molecule has 0 aliphatic rings. The van der Waals surface area contributed by atoms with Crippen LogP contribution in [-0.4, -0.2) is 16.2 Å². The van der Waals surface area contributed by atoms with Crippen molar-refractivity contribution in [3.05, 3.63) is 34.1 Å². The van der Waals surface area contributed by atoms with Crippen LogP contribution < -0.4 is 0 Å². The van der Waals surface area contributed by atoms with Crippen LogP contribution >= 0.6 is 15.9 Å². The third-order valence-electron chi connectivity index (χ3n) is 1.69. The summed E-state index contributed by atoms with van der Waals surface area (Å²) in [5.74, 6) is -1.64. The van der Waals surface area contributed by atoms with Gasteiger partial charge in [-0.1, -0.05) is 15.9 Å². The molecule has 0 unspecified atom stereocenters. The molecule has 1 rings (SSSR count). The molecule has 0 aliphatic heterocycles. The molecule has 3 nitrogen and oxygen atoms in total. The molecule has 0 amide bonds. The van der Waals surface area contributed by atoms with Gasteiger partial charge in [-0.05, 0) is 23.8 Å². The van der Waals surface area contributed by atoms with Gasteiger partial charge >= 0.3 is 5.97 Å². The molecule has 0 spiro atoms. The zero-order valence-corrected chi connectivity index (χ0v) is 8.66. The minimum atomic E-state index is -1.20. The van der Waals surface area contributed by atoms with E-state index < -0.39 is 24.3 Å². The number of aliphatic hydroxyl groups is 1. The Morgan fingerprint density at radius 3 is 2.79 bits per heavy atom. The van der Waals surface area contributed by atoms with Gasteiger partial charge in [0.1, 0.15) is 5.82 Å². The summed E-state index contributed by atoms with van der Waals surface area (Å²) in [5, 5.41) is 17.9. The minimum Gasteiger partial charge on any atom is -0.481 e. The molecule has 0 heterocycles. The van der Waals surface area contributed by atoms with E-state index in [4.69, 9.17) is 5.11 Å². The zero-order valence-electron chi connectivity index (χ0n) is 7.08. The molecule has 2 N–H and O–H groups in total. The largest absolute Gasteiger partial charge is 0.481 e. The van der Waals surface area contributed by atoms with Crippen LogP contribution in [0.1, 0.15) is 18.1 Å². The molecule has 0 saturated heterocycles. The van der Waals surface area contributed by atoms with Gasteiger partial charge in [0.2, 0.25) is 0 Å². The Morgan fingerprint density at radius 2 is 2.21 bits per heavy atom. The second-order valence-corrected chi connectivity index (χ2v) is 3.63. The van der Waals surface area contributed by atoms with Gasteiger partial charge in [-0.3, -0.25) is 4.79 Å². The van der Waals surface area contributed by atoms with Crippen molar-refractivity contribution in [3.63, 3.8) is 0 Å². The minimum absolute atomic E-state index is 0.243. The van der Waals surface area contributed by atoms with E-state index in [1.807, 2.05) is 0 Å². The second kappa shape index (κ2) is 4.52. The van der Waals surface area contributed by atoms with Crippen molar-refractivity contribution in [2.45, 2.75) is 12.5 Å². The summed E-state index contributed by atoms with van der Waals surface area (Å²) in [6.45, 7) is 0. The summed E-state index contributed by atoms with van der Waals surface area (Å²) in [6.07, 6.45) is -1.64. The molecule has 5 heteroatoms. The first-order chi connectivity index (χ1) is 6.50. The Balaban J connectivity index is 2.93. The van der Waals surface area contributed by atoms with Gasteiger partial charge in [-0.25, -0.2) is 4.39 Å². The summed E-state index contributed by atoms with van der Waals surface area (Å²) >= 11 is 3.10. The van der Waals surface area contributed by atoms with Crippen molar-refractivity contribution in [2.75, 3.05) is 0 Å². The van der Waals surface area contributed by atoms with E-state index in [2.05, 4.69) is 15.9 Å². The molecule has 0 bridgehead atoms. The third-order valence-corrected chi connectivity index (χ3v) is 2.41. The fourth-order valence-corrected chi connectivity index (χ4v) is 1.56. The predicted octanol–water partition coefficient (Wildman–Crippen LogP) is 2.10. The van der Waals surface area contributed by atoms with Crippen LogP contribution in [0.3, 0.4) is 0 Å². The van der Waals surface area contributed by atoms with E-state index in [0.29, 0.717) is 4.47 Å². The molecule has 0 radical (unpaired) electrons. The molecule has 0 aliphatic carbocycles. The number of carbonyl (C=O) groups is 1. The first-order valence-corrected chi connectivity index (χ1v) is 4.65. The van der Waals surface area contributed by atoms with E-state index in [1.165, 1.54) is 12.1 Å². The molecule has 76 valence electrons. The molecule has 1 aromatic rings. The second-order valence-electron chi connectivity index (χ2n) is 2.78. The summed E-state index contributed by atoms with van der Waals surface area (Å²) < 4.78 is 13.3. The standard InChI is InChI=1S/C9H8BrFO3/c10-7-2-1-5(11)3-6(7)8(12)4-9(13)14/h1-3,8,12H,4H2,(H,13,14)/t8-/m0/s1. The molecule has 0 saturated carbocycles. The maximum atomic E-state index is 12.8. The number of hydrogen-bond acceptors (Lipinski definition) is 2. The smallest absolute Gasteiger partial charge is 0.306 e. The molecular weight excluding hydrogens is 255 g/mol. The van der Waals surface area contributed by atoms with Crippen molar-refractivity contribution in [2.24, 2.45) is 0 Å². The Kier molecular flexibility index (Phi) is 3.60. The van der Waals surface area contributed by atoms with Gasteiger partial charge < -0.3 is 10.2 Å². The Morgan fingerprint density at radius 1 is 1.57 bits per heavy atom. The van der Waals surface area contributed by atoms with Gasteiger partial charge in [0.25, 0.3) is 0 Å². The monoisotopic (exact) mass is 262 g/mol. The van der Waals surface area contributed by atoms with Gasteiger partial charge in [0.15, 0.2) is 0 Å². The lowest BCUT2D eigenvalue weighted by Gasteiger charge is -2.10. The van der Waals surface area contributed by atoms with Crippen LogP contribution in [0.2, 0.25) is 0 Å². The topological polar surface area (TPSA) is 57.5 Å². The highest BCUT2D eigenvalue weighted by atomic mass is 79.9. The van der Waals surface area contributed by atoms with E-state index in [1.54, 1.807) is 0 Å². The van der Waals surface area contributed by atoms with Crippen molar-refractivity contribution < 1.29 is 19.4 Å². The molecule has 1 atom stereocenters. The fourth-order valence-electron chi connectivity index (χ4n) is 1.05. The van der Waals surface area contributed by atoms with Crippen molar-refractivity contribution >= 4 is 21.9 Å². The fraction of sp³-hybridized carbons (Fsp3) is 0.222. The number of benzene rings is 1. The number of aliphatic carboxylic acids is 1. The zero-order chi connectivity index (χ0) is 10.7. The van der Waals surface area contributed by atoms with Crippen LogP contribution in [0.15, 0.2) is 22.7 Å². The van der Waals surface area contributed by atoms with Gasteiger partial charge in [-0.15, -0.1) is 0 Å². The average Bonchev–Trinajstić information content (AvgIpc) is 2.08. The Bertz CT molecular complexity index is 354. The van der Waals surface area contributed by atoms with E-state index in [9.17, 15) is 14.3 Å². The maximum absolute atomic E-state index is 12.8. The van der Waals surface area contributed by atoms with Crippen molar-refractivity contribution in [1.29, 1.82) is 0 Å². The summed E-state index contributed by atoms with van der Waals surface area (Å²) in [4.78, 5) is 10.3. The van der Waals surface area contributed by atoms with E-state index in [0.717, 1.165) is 6.07 Å². The molecule has 0 aromatic heterocycles. The lowest BCUT2D eigenvalue weighted by molar-refractivity contribution is -0.139. The maximum Gasteiger partial charge on any atom is 0.306 e. The summed E-state index contributed by atoms with van der Waals surface area (Å²) in [5.41, 5.74) is 0.243. The van der Waals surface area contributed by atoms with Crippen LogP contribution in [0.5, 0.6) is 0 Å². The molecule has 0 fully saturated rings. The van der Waals surface area contributed by atoms with Crippen LogP contribution in [0, 0.1) is 5.82 Å². The van der Waals surface area contributed by atoms with Crippen LogP contribution in [-0.2, 0) is 4.79 Å². The van der Waals surface area contributed by atoms with Crippen LogP contribution in [0.25, 0.3) is 0 Å². The van der Waals surface area contributed by atoms with Crippen molar-refractivity contribution in [1.82, 2.24) is 0 Å². The molecule has 1 aromatic carbocycles. The molecular formula is C9H8BrFO3. The third kappa shape index (κ3) is 2.78. The number of carboxylic acid groups (broad SMARTS) is 1. The van der Waals surface area contributed by atoms with Gasteiger partial charge in [0, 0.05) is 4.47 Å².